The van der Waals surface area contributed by atoms with Crippen molar-refractivity contribution in [1.82, 2.24) is 5.32 Å². The topological polar surface area (TPSA) is 75.7 Å². The van der Waals surface area contributed by atoms with Gasteiger partial charge in [-0.3, -0.25) is 9.10 Å². The molecule has 0 aliphatic rings. The highest BCUT2D eigenvalue weighted by atomic mass is 35.5. The summed E-state index contributed by atoms with van der Waals surface area (Å²) in [5.41, 5.74) is 0.669. The smallest absolute Gasteiger partial charge is 0.264 e. The van der Waals surface area contributed by atoms with Crippen LogP contribution in [0.25, 0.3) is 0 Å². The lowest BCUT2D eigenvalue weighted by Crippen LogP contribution is -2.32. The molecule has 2 aromatic carbocycles. The highest BCUT2D eigenvalue weighted by Crippen LogP contribution is 2.28. The van der Waals surface area contributed by atoms with E-state index in [-0.39, 0.29) is 21.9 Å². The highest BCUT2D eigenvalue weighted by molar-refractivity contribution is 7.92. The minimum atomic E-state index is -3.77. The SMILES string of the molecule is CCC[C@H](C)NC(=O)c1ccc(N(C)S(=O)(=O)c2ccc(OC)cc2)cc1Cl. The van der Waals surface area contributed by atoms with E-state index in [0.29, 0.717) is 17.0 Å². The van der Waals surface area contributed by atoms with Gasteiger partial charge in [-0.15, -0.1) is 0 Å². The van der Waals surface area contributed by atoms with Crippen molar-refractivity contribution in [3.05, 3.63) is 53.1 Å². The van der Waals surface area contributed by atoms with Crippen molar-refractivity contribution < 1.29 is 17.9 Å². The van der Waals surface area contributed by atoms with Crippen LogP contribution in [0.2, 0.25) is 5.02 Å². The maximum atomic E-state index is 12.8. The van der Waals surface area contributed by atoms with Crippen LogP contribution in [0.5, 0.6) is 5.75 Å². The quantitative estimate of drug-likeness (QED) is 0.692. The number of carbonyl (C=O) groups excluding carboxylic acids is 1. The minimum absolute atomic E-state index is 0.0337. The van der Waals surface area contributed by atoms with Gasteiger partial charge in [-0.2, -0.15) is 0 Å². The van der Waals surface area contributed by atoms with Crippen LogP contribution in [0.15, 0.2) is 47.4 Å². The van der Waals surface area contributed by atoms with Gasteiger partial charge in [-0.1, -0.05) is 24.9 Å². The molecule has 2 rings (SSSR count). The zero-order chi connectivity index (χ0) is 20.9. The van der Waals surface area contributed by atoms with Crippen LogP contribution >= 0.6 is 11.6 Å². The summed E-state index contributed by atoms with van der Waals surface area (Å²) in [6.45, 7) is 3.97. The Morgan fingerprint density at radius 3 is 2.39 bits per heavy atom. The van der Waals surface area contributed by atoms with Crippen molar-refractivity contribution in [2.75, 3.05) is 18.5 Å². The number of hydrogen-bond donors (Lipinski definition) is 1. The first-order chi connectivity index (χ1) is 13.2. The number of rotatable bonds is 8. The van der Waals surface area contributed by atoms with E-state index in [4.69, 9.17) is 16.3 Å². The molecule has 0 unspecified atom stereocenters. The second-order valence-corrected chi connectivity index (χ2v) is 8.85. The predicted octanol–water partition coefficient (Wildman–Crippen LogP) is 4.09. The second-order valence-electron chi connectivity index (χ2n) is 6.48. The van der Waals surface area contributed by atoms with Crippen LogP contribution in [-0.4, -0.2) is 34.5 Å². The first kappa shape index (κ1) is 22.0. The van der Waals surface area contributed by atoms with E-state index in [9.17, 15) is 13.2 Å². The van der Waals surface area contributed by atoms with Gasteiger partial charge in [0.1, 0.15) is 5.75 Å². The lowest BCUT2D eigenvalue weighted by molar-refractivity contribution is 0.0938. The molecule has 0 fully saturated rings. The number of anilines is 1. The average molecular weight is 425 g/mol. The van der Waals surface area contributed by atoms with Gasteiger partial charge in [0.25, 0.3) is 15.9 Å². The monoisotopic (exact) mass is 424 g/mol. The number of hydrogen-bond acceptors (Lipinski definition) is 4. The van der Waals surface area contributed by atoms with Crippen LogP contribution in [-0.2, 0) is 10.0 Å². The number of halogens is 1. The normalized spacial score (nSPS) is 12.3. The Morgan fingerprint density at radius 2 is 1.86 bits per heavy atom. The fraction of sp³-hybridized carbons (Fsp3) is 0.350. The van der Waals surface area contributed by atoms with E-state index >= 15 is 0 Å². The van der Waals surface area contributed by atoms with Gasteiger partial charge in [-0.25, -0.2) is 8.42 Å². The first-order valence-corrected chi connectivity index (χ1v) is 10.8. The van der Waals surface area contributed by atoms with Crippen molar-refractivity contribution in [3.63, 3.8) is 0 Å². The highest BCUT2D eigenvalue weighted by Gasteiger charge is 2.23. The molecule has 0 spiro atoms. The number of methoxy groups -OCH3 is 1. The van der Waals surface area contributed by atoms with Gasteiger partial charge in [0.05, 0.1) is 28.3 Å². The molecular weight excluding hydrogens is 400 g/mol. The number of amides is 1. The summed E-state index contributed by atoms with van der Waals surface area (Å²) in [6, 6.07) is 10.7. The van der Waals surface area contributed by atoms with Crippen LogP contribution in [0.4, 0.5) is 5.69 Å². The maximum Gasteiger partial charge on any atom is 0.264 e. The Balaban J connectivity index is 2.25. The Kier molecular flexibility index (Phi) is 7.32. The van der Waals surface area contributed by atoms with Gasteiger partial charge in [0, 0.05) is 13.1 Å². The fourth-order valence-corrected chi connectivity index (χ4v) is 4.18. The third-order valence-corrected chi connectivity index (χ3v) is 6.49. The molecule has 28 heavy (non-hydrogen) atoms. The van der Waals surface area contributed by atoms with Gasteiger partial charge in [0.15, 0.2) is 0 Å². The van der Waals surface area contributed by atoms with Gasteiger partial charge >= 0.3 is 0 Å². The van der Waals surface area contributed by atoms with E-state index in [1.54, 1.807) is 18.2 Å². The molecule has 6 nitrogen and oxygen atoms in total. The Bertz CT molecular complexity index is 930. The van der Waals surface area contributed by atoms with E-state index in [1.807, 2.05) is 13.8 Å². The Morgan fingerprint density at radius 1 is 1.21 bits per heavy atom. The molecular formula is C20H25ClN2O4S. The predicted molar refractivity (Wildman–Crippen MR) is 112 cm³/mol. The number of ether oxygens (including phenoxy) is 1. The van der Waals surface area contributed by atoms with Crippen LogP contribution < -0.4 is 14.4 Å². The molecule has 0 bridgehead atoms. The zero-order valence-electron chi connectivity index (χ0n) is 16.4. The molecule has 0 radical (unpaired) electrons. The van der Waals surface area contributed by atoms with Gasteiger partial charge < -0.3 is 10.1 Å². The van der Waals surface area contributed by atoms with Crippen LogP contribution in [0.3, 0.4) is 0 Å². The lowest BCUT2D eigenvalue weighted by atomic mass is 10.1. The third-order valence-electron chi connectivity index (χ3n) is 4.38. The second kappa shape index (κ2) is 9.30. The summed E-state index contributed by atoms with van der Waals surface area (Å²) in [4.78, 5) is 12.5. The van der Waals surface area contributed by atoms with Crippen LogP contribution in [0.1, 0.15) is 37.0 Å². The molecule has 8 heteroatoms. The van der Waals surface area contributed by atoms with Gasteiger partial charge in [0.2, 0.25) is 0 Å². The molecule has 0 aliphatic carbocycles. The van der Waals surface area contributed by atoms with Crippen molar-refractivity contribution >= 4 is 33.2 Å². The van der Waals surface area contributed by atoms with E-state index in [0.717, 1.165) is 17.1 Å². The number of benzene rings is 2. The lowest BCUT2D eigenvalue weighted by Gasteiger charge is -2.21. The van der Waals surface area contributed by atoms with Crippen molar-refractivity contribution in [3.8, 4) is 5.75 Å². The van der Waals surface area contributed by atoms with E-state index in [1.165, 1.54) is 38.4 Å². The molecule has 1 atom stereocenters. The molecule has 0 heterocycles. The molecule has 0 aromatic heterocycles. The number of sulfonamides is 1. The van der Waals surface area contributed by atoms with E-state index < -0.39 is 10.0 Å². The molecule has 1 amide bonds. The van der Waals surface area contributed by atoms with Gasteiger partial charge in [-0.05, 0) is 55.8 Å². The average Bonchev–Trinajstić information content (AvgIpc) is 2.67. The standard InChI is InChI=1S/C20H25ClN2O4S/c1-5-6-14(2)22-20(24)18-12-7-15(13-19(18)21)23(3)28(25,26)17-10-8-16(27-4)9-11-17/h7-14H,5-6H2,1-4H3,(H,22,24)/t14-/m0/s1. The minimum Gasteiger partial charge on any atom is -0.497 e. The summed E-state index contributed by atoms with van der Waals surface area (Å²) < 4.78 is 31.9. The summed E-state index contributed by atoms with van der Waals surface area (Å²) in [7, 11) is -0.824. The summed E-state index contributed by atoms with van der Waals surface area (Å²) in [6.07, 6.45) is 1.83. The van der Waals surface area contributed by atoms with E-state index in [2.05, 4.69) is 5.32 Å². The molecule has 152 valence electrons. The molecule has 0 saturated carbocycles. The number of nitrogens with zero attached hydrogens (tertiary/aromatic N) is 1. The largest absolute Gasteiger partial charge is 0.497 e. The maximum absolute atomic E-state index is 12.8. The molecule has 0 saturated heterocycles. The summed E-state index contributed by atoms with van der Waals surface area (Å²) in [5.74, 6) is 0.287. The molecule has 2 aromatic rings. The zero-order valence-corrected chi connectivity index (χ0v) is 18.0. The summed E-state index contributed by atoms with van der Waals surface area (Å²) >= 11 is 6.27. The van der Waals surface area contributed by atoms with Crippen molar-refractivity contribution in [2.24, 2.45) is 0 Å². The fourth-order valence-electron chi connectivity index (χ4n) is 2.74. The Hall–Kier alpha value is -2.25. The number of nitrogens with one attached hydrogen (secondary N) is 1. The van der Waals surface area contributed by atoms with Crippen molar-refractivity contribution in [2.45, 2.75) is 37.6 Å². The number of carbonyl (C=O) groups is 1. The summed E-state index contributed by atoms with van der Waals surface area (Å²) in [5, 5.41) is 3.08. The Labute approximate surface area is 171 Å². The molecule has 1 N–H and O–H groups in total. The third kappa shape index (κ3) is 4.97. The molecule has 0 aliphatic heterocycles. The van der Waals surface area contributed by atoms with Crippen molar-refractivity contribution in [1.29, 1.82) is 0 Å². The van der Waals surface area contributed by atoms with Crippen LogP contribution in [0, 0.1) is 0 Å². The first-order valence-electron chi connectivity index (χ1n) is 8.94.